The van der Waals surface area contributed by atoms with Crippen LogP contribution in [-0.2, 0) is 16.1 Å². The SMILES string of the molecule is COc1ccc(COC(=O)C2=C(C)NC(=O)N[C@@H]2c2cc(Br)c(O)c(OC)c2)cc1. The van der Waals surface area contributed by atoms with Crippen LogP contribution in [0.2, 0.25) is 0 Å². The summed E-state index contributed by atoms with van der Waals surface area (Å²) in [6.45, 7) is 1.69. The zero-order chi connectivity index (χ0) is 21.8. The largest absolute Gasteiger partial charge is 0.503 e. The molecule has 1 aliphatic rings. The van der Waals surface area contributed by atoms with Gasteiger partial charge in [0.25, 0.3) is 0 Å². The van der Waals surface area contributed by atoms with Crippen LogP contribution >= 0.6 is 15.9 Å². The summed E-state index contributed by atoms with van der Waals surface area (Å²) in [5.74, 6) is 0.250. The molecule has 0 unspecified atom stereocenters. The van der Waals surface area contributed by atoms with Crippen molar-refractivity contribution in [1.82, 2.24) is 10.6 Å². The summed E-state index contributed by atoms with van der Waals surface area (Å²) in [6, 6.07) is 9.08. The fourth-order valence-electron chi connectivity index (χ4n) is 3.08. The second-order valence-corrected chi connectivity index (χ2v) is 7.40. The molecule has 3 rings (SSSR count). The van der Waals surface area contributed by atoms with Crippen LogP contribution in [0.4, 0.5) is 4.79 Å². The number of rotatable bonds is 6. The fourth-order valence-corrected chi connectivity index (χ4v) is 3.54. The van der Waals surface area contributed by atoms with Gasteiger partial charge in [-0.3, -0.25) is 0 Å². The van der Waals surface area contributed by atoms with Crippen LogP contribution in [-0.4, -0.2) is 31.3 Å². The standard InChI is InChI=1S/C21H21BrN2O6/c1-11-17(20(26)30-10-12-4-6-14(28-2)7-5-12)18(24-21(27)23-11)13-8-15(22)19(25)16(9-13)29-3/h4-9,18,25H,10H2,1-3H3,(H2,23,24,27)/t18-/m1/s1. The lowest BCUT2D eigenvalue weighted by atomic mass is 9.95. The molecule has 0 saturated heterocycles. The van der Waals surface area contributed by atoms with Gasteiger partial charge in [0.05, 0.1) is 30.3 Å². The summed E-state index contributed by atoms with van der Waals surface area (Å²) in [6.07, 6.45) is 0. The van der Waals surface area contributed by atoms with Crippen LogP contribution in [0.25, 0.3) is 0 Å². The summed E-state index contributed by atoms with van der Waals surface area (Å²) in [4.78, 5) is 25.0. The maximum absolute atomic E-state index is 12.9. The van der Waals surface area contributed by atoms with E-state index < -0.39 is 18.0 Å². The Hall–Kier alpha value is -3.20. The van der Waals surface area contributed by atoms with Crippen LogP contribution in [0.15, 0.2) is 52.1 Å². The van der Waals surface area contributed by atoms with E-state index in [1.54, 1.807) is 50.4 Å². The Morgan fingerprint density at radius 2 is 1.87 bits per heavy atom. The number of hydrogen-bond donors (Lipinski definition) is 3. The highest BCUT2D eigenvalue weighted by atomic mass is 79.9. The first-order valence-electron chi connectivity index (χ1n) is 8.98. The van der Waals surface area contributed by atoms with Crippen molar-refractivity contribution in [3.63, 3.8) is 0 Å². The molecule has 8 nitrogen and oxygen atoms in total. The van der Waals surface area contributed by atoms with Crippen LogP contribution in [0.5, 0.6) is 17.2 Å². The first-order chi connectivity index (χ1) is 14.3. The quantitative estimate of drug-likeness (QED) is 0.550. The number of carbonyl (C=O) groups excluding carboxylic acids is 2. The van der Waals surface area contributed by atoms with Gasteiger partial charge in [0, 0.05) is 5.70 Å². The number of phenols is 1. The third-order valence-electron chi connectivity index (χ3n) is 4.62. The highest BCUT2D eigenvalue weighted by molar-refractivity contribution is 9.10. The zero-order valence-corrected chi connectivity index (χ0v) is 18.2. The number of esters is 1. The van der Waals surface area contributed by atoms with Crippen molar-refractivity contribution in [2.24, 2.45) is 0 Å². The smallest absolute Gasteiger partial charge is 0.338 e. The van der Waals surface area contributed by atoms with Gasteiger partial charge in [-0.1, -0.05) is 12.1 Å². The number of ether oxygens (including phenoxy) is 3. The zero-order valence-electron chi connectivity index (χ0n) is 16.6. The molecule has 0 fully saturated rings. The Kier molecular flexibility index (Phi) is 6.51. The highest BCUT2D eigenvalue weighted by Crippen LogP contribution is 2.39. The molecule has 0 spiro atoms. The van der Waals surface area contributed by atoms with Gasteiger partial charge >= 0.3 is 12.0 Å². The van der Waals surface area contributed by atoms with Crippen molar-refractivity contribution < 1.29 is 28.9 Å². The molecule has 1 heterocycles. The lowest BCUT2D eigenvalue weighted by molar-refractivity contribution is -0.140. The van der Waals surface area contributed by atoms with E-state index in [2.05, 4.69) is 26.6 Å². The Bertz CT molecular complexity index is 1000. The molecule has 2 aromatic carbocycles. The molecule has 30 heavy (non-hydrogen) atoms. The average molecular weight is 477 g/mol. The van der Waals surface area contributed by atoms with Crippen LogP contribution in [0, 0.1) is 0 Å². The Morgan fingerprint density at radius 3 is 2.50 bits per heavy atom. The second-order valence-electron chi connectivity index (χ2n) is 6.55. The molecular formula is C21H21BrN2O6. The van der Waals surface area contributed by atoms with Crippen molar-refractivity contribution in [2.75, 3.05) is 14.2 Å². The van der Waals surface area contributed by atoms with E-state index in [9.17, 15) is 14.7 Å². The molecule has 0 saturated carbocycles. The number of benzene rings is 2. The number of urea groups is 1. The predicted molar refractivity (Wildman–Crippen MR) is 112 cm³/mol. The molecule has 0 aromatic heterocycles. The monoisotopic (exact) mass is 476 g/mol. The lowest BCUT2D eigenvalue weighted by Crippen LogP contribution is -2.45. The van der Waals surface area contributed by atoms with Crippen LogP contribution in [0.1, 0.15) is 24.1 Å². The van der Waals surface area contributed by atoms with Crippen LogP contribution in [0.3, 0.4) is 0 Å². The minimum Gasteiger partial charge on any atom is -0.503 e. The predicted octanol–water partition coefficient (Wildman–Crippen LogP) is 3.54. The third-order valence-corrected chi connectivity index (χ3v) is 5.23. The Balaban J connectivity index is 1.87. The number of aromatic hydroxyl groups is 1. The van der Waals surface area contributed by atoms with Gasteiger partial charge in [0.1, 0.15) is 12.4 Å². The number of phenolic OH excluding ortho intramolecular Hbond substituents is 1. The van der Waals surface area contributed by atoms with Crippen molar-refractivity contribution in [2.45, 2.75) is 19.6 Å². The Labute approximate surface area is 182 Å². The average Bonchev–Trinajstić information content (AvgIpc) is 2.73. The van der Waals surface area contributed by atoms with E-state index in [0.717, 1.165) is 5.56 Å². The molecule has 9 heteroatoms. The van der Waals surface area contributed by atoms with Crippen molar-refractivity contribution in [3.8, 4) is 17.2 Å². The number of methoxy groups -OCH3 is 2. The van der Waals surface area contributed by atoms with Gasteiger partial charge in [-0.15, -0.1) is 0 Å². The number of halogens is 1. The molecule has 3 N–H and O–H groups in total. The number of carbonyl (C=O) groups is 2. The summed E-state index contributed by atoms with van der Waals surface area (Å²) in [5.41, 5.74) is 1.97. The van der Waals surface area contributed by atoms with Crippen molar-refractivity contribution in [3.05, 3.63) is 63.3 Å². The van der Waals surface area contributed by atoms with E-state index in [-0.39, 0.29) is 23.7 Å². The number of amides is 2. The number of nitrogens with one attached hydrogen (secondary N) is 2. The number of allylic oxidation sites excluding steroid dienone is 1. The van der Waals surface area contributed by atoms with Gasteiger partial charge in [-0.05, 0) is 58.2 Å². The van der Waals surface area contributed by atoms with E-state index in [0.29, 0.717) is 21.5 Å². The maximum Gasteiger partial charge on any atom is 0.338 e. The Morgan fingerprint density at radius 1 is 1.17 bits per heavy atom. The first-order valence-corrected chi connectivity index (χ1v) is 9.78. The topological polar surface area (TPSA) is 106 Å². The van der Waals surface area contributed by atoms with Crippen molar-refractivity contribution in [1.29, 1.82) is 0 Å². The first kappa shape index (κ1) is 21.5. The van der Waals surface area contributed by atoms with Gasteiger partial charge in [0.2, 0.25) is 0 Å². The molecule has 2 aromatic rings. The van der Waals surface area contributed by atoms with Gasteiger partial charge < -0.3 is 30.0 Å². The minimum atomic E-state index is -0.784. The minimum absolute atomic E-state index is 0.0584. The summed E-state index contributed by atoms with van der Waals surface area (Å²) in [5, 5.41) is 15.4. The highest BCUT2D eigenvalue weighted by Gasteiger charge is 2.33. The van der Waals surface area contributed by atoms with Gasteiger partial charge in [0.15, 0.2) is 11.5 Å². The maximum atomic E-state index is 12.9. The van der Waals surface area contributed by atoms with E-state index in [1.807, 2.05) is 0 Å². The molecule has 0 bridgehead atoms. The second kappa shape index (κ2) is 9.08. The molecule has 2 amide bonds. The third kappa shape index (κ3) is 4.51. The lowest BCUT2D eigenvalue weighted by Gasteiger charge is -2.28. The summed E-state index contributed by atoms with van der Waals surface area (Å²) in [7, 11) is 2.99. The van der Waals surface area contributed by atoms with E-state index in [4.69, 9.17) is 14.2 Å². The molecule has 0 aliphatic carbocycles. The molecular weight excluding hydrogens is 456 g/mol. The van der Waals surface area contributed by atoms with E-state index >= 15 is 0 Å². The molecule has 1 aliphatic heterocycles. The van der Waals surface area contributed by atoms with E-state index in [1.165, 1.54) is 7.11 Å². The fraction of sp³-hybridized carbons (Fsp3) is 0.238. The molecule has 158 valence electrons. The molecule has 0 radical (unpaired) electrons. The van der Waals surface area contributed by atoms with Gasteiger partial charge in [-0.2, -0.15) is 0 Å². The summed E-state index contributed by atoms with van der Waals surface area (Å²) < 4.78 is 16.2. The summed E-state index contributed by atoms with van der Waals surface area (Å²) >= 11 is 3.26. The number of hydrogen-bond acceptors (Lipinski definition) is 6. The van der Waals surface area contributed by atoms with Gasteiger partial charge in [-0.25, -0.2) is 9.59 Å². The molecule has 1 atom stereocenters. The van der Waals surface area contributed by atoms with Crippen LogP contribution < -0.4 is 20.1 Å². The van der Waals surface area contributed by atoms with Crippen molar-refractivity contribution >= 4 is 27.9 Å². The normalized spacial score (nSPS) is 15.9.